The van der Waals surface area contributed by atoms with Crippen LogP contribution in [0.25, 0.3) is 0 Å². The zero-order chi connectivity index (χ0) is 23.1. The molecule has 30 heavy (non-hydrogen) atoms. The highest BCUT2D eigenvalue weighted by Crippen LogP contribution is 2.42. The third kappa shape index (κ3) is 5.60. The highest BCUT2D eigenvalue weighted by molar-refractivity contribution is 5.75. The van der Waals surface area contributed by atoms with E-state index in [0.717, 1.165) is 4.90 Å². The lowest BCUT2D eigenvalue weighted by atomic mass is 9.89. The fourth-order valence-corrected chi connectivity index (χ4v) is 3.86. The SMILES string of the molecule is CC(C)COC(=O)C(C)(C)CCN1C2C(CN1C)N(C(=O)OC(C)(C)C)CC2(F)F. The number of rotatable bonds is 6. The van der Waals surface area contributed by atoms with Crippen LogP contribution in [0, 0.1) is 11.3 Å². The molecule has 0 aliphatic carbocycles. The van der Waals surface area contributed by atoms with Crippen molar-refractivity contribution in [3.05, 3.63) is 0 Å². The summed E-state index contributed by atoms with van der Waals surface area (Å²) in [4.78, 5) is 26.1. The molecule has 0 spiro atoms. The van der Waals surface area contributed by atoms with Gasteiger partial charge in [0.25, 0.3) is 5.92 Å². The summed E-state index contributed by atoms with van der Waals surface area (Å²) < 4.78 is 40.6. The van der Waals surface area contributed by atoms with Crippen LogP contribution < -0.4 is 0 Å². The van der Waals surface area contributed by atoms with Crippen LogP contribution in [0.1, 0.15) is 54.9 Å². The van der Waals surface area contributed by atoms with Crippen molar-refractivity contribution in [2.24, 2.45) is 11.3 Å². The normalized spacial score (nSPS) is 25.0. The van der Waals surface area contributed by atoms with Crippen LogP contribution in [-0.4, -0.2) is 83.9 Å². The molecule has 2 atom stereocenters. The summed E-state index contributed by atoms with van der Waals surface area (Å²) in [5.41, 5.74) is -1.55. The van der Waals surface area contributed by atoms with Gasteiger partial charge in [-0.3, -0.25) is 9.69 Å². The number of hydrogen-bond acceptors (Lipinski definition) is 6. The van der Waals surface area contributed by atoms with Gasteiger partial charge in [-0.1, -0.05) is 13.8 Å². The highest BCUT2D eigenvalue weighted by Gasteiger charge is 2.63. The molecule has 0 bridgehead atoms. The molecule has 0 aromatic rings. The van der Waals surface area contributed by atoms with E-state index in [9.17, 15) is 18.4 Å². The third-order valence-electron chi connectivity index (χ3n) is 5.48. The van der Waals surface area contributed by atoms with E-state index >= 15 is 0 Å². The average Bonchev–Trinajstić information content (AvgIpc) is 3.03. The van der Waals surface area contributed by atoms with Crippen molar-refractivity contribution in [1.82, 2.24) is 14.9 Å². The Balaban J connectivity index is 2.09. The molecular weight excluding hydrogens is 396 g/mol. The van der Waals surface area contributed by atoms with Crippen LogP contribution in [0.15, 0.2) is 0 Å². The molecule has 2 aliphatic heterocycles. The second-order valence-electron chi connectivity index (χ2n) is 10.5. The number of carbonyl (C=O) groups is 2. The molecule has 2 saturated heterocycles. The van der Waals surface area contributed by atoms with Crippen molar-refractivity contribution < 1.29 is 27.8 Å². The molecule has 2 fully saturated rings. The molecule has 9 heteroatoms. The minimum atomic E-state index is -3.07. The highest BCUT2D eigenvalue weighted by atomic mass is 19.3. The minimum Gasteiger partial charge on any atom is -0.465 e. The van der Waals surface area contributed by atoms with E-state index in [4.69, 9.17) is 9.47 Å². The van der Waals surface area contributed by atoms with Crippen molar-refractivity contribution in [1.29, 1.82) is 0 Å². The van der Waals surface area contributed by atoms with Gasteiger partial charge in [-0.25, -0.2) is 23.6 Å². The fraction of sp³-hybridized carbons (Fsp3) is 0.905. The lowest BCUT2D eigenvalue weighted by Gasteiger charge is -2.34. The first kappa shape index (κ1) is 24.8. The molecule has 0 aromatic heterocycles. The summed E-state index contributed by atoms with van der Waals surface area (Å²) in [5, 5.41) is 3.31. The van der Waals surface area contributed by atoms with E-state index in [1.165, 1.54) is 0 Å². The topological polar surface area (TPSA) is 62.3 Å². The van der Waals surface area contributed by atoms with Crippen LogP contribution in [0.2, 0.25) is 0 Å². The van der Waals surface area contributed by atoms with Gasteiger partial charge >= 0.3 is 12.1 Å². The summed E-state index contributed by atoms with van der Waals surface area (Å²) in [6.07, 6.45) is -0.359. The Morgan fingerprint density at radius 3 is 2.30 bits per heavy atom. The number of amides is 1. The number of halogens is 2. The van der Waals surface area contributed by atoms with Crippen molar-refractivity contribution in [2.75, 3.05) is 33.3 Å². The predicted molar refractivity (Wildman–Crippen MR) is 109 cm³/mol. The molecule has 2 unspecified atom stereocenters. The van der Waals surface area contributed by atoms with E-state index in [1.54, 1.807) is 51.7 Å². The summed E-state index contributed by atoms with van der Waals surface area (Å²) in [7, 11) is 1.73. The molecule has 0 aromatic carbocycles. The Hall–Kier alpha value is -1.48. The maximum Gasteiger partial charge on any atom is 0.410 e. The number of carbonyl (C=O) groups excluding carboxylic acids is 2. The summed E-state index contributed by atoms with van der Waals surface area (Å²) >= 11 is 0. The smallest absolute Gasteiger partial charge is 0.410 e. The molecule has 7 nitrogen and oxygen atoms in total. The molecule has 0 saturated carbocycles. The fourth-order valence-electron chi connectivity index (χ4n) is 3.86. The van der Waals surface area contributed by atoms with Crippen LogP contribution in [0.3, 0.4) is 0 Å². The van der Waals surface area contributed by atoms with Crippen molar-refractivity contribution in [2.45, 2.75) is 78.5 Å². The minimum absolute atomic E-state index is 0.228. The van der Waals surface area contributed by atoms with Gasteiger partial charge in [-0.2, -0.15) is 0 Å². The molecule has 2 heterocycles. The standard InChI is InChI=1S/C21H37F2N3O4/c1-14(2)12-29-17(27)20(6,7)9-10-26-16-15(11-24(26)8)25(13-21(16,22)23)18(28)30-19(3,4)5/h14-16H,9-13H2,1-8H3. The molecule has 174 valence electrons. The Morgan fingerprint density at radius 1 is 1.17 bits per heavy atom. The number of ether oxygens (including phenoxy) is 2. The van der Waals surface area contributed by atoms with Gasteiger partial charge in [0.05, 0.1) is 24.6 Å². The largest absolute Gasteiger partial charge is 0.465 e. The number of alkyl halides is 2. The maximum atomic E-state index is 14.9. The van der Waals surface area contributed by atoms with Crippen molar-refractivity contribution in [3.8, 4) is 0 Å². The van der Waals surface area contributed by atoms with Crippen LogP contribution in [0.5, 0.6) is 0 Å². The molecule has 0 radical (unpaired) electrons. The lowest BCUT2D eigenvalue weighted by molar-refractivity contribution is -0.156. The maximum absolute atomic E-state index is 14.9. The van der Waals surface area contributed by atoms with Gasteiger partial charge in [0.2, 0.25) is 0 Å². The monoisotopic (exact) mass is 433 g/mol. The molecule has 1 amide bonds. The Kier molecular flexibility index (Phi) is 7.08. The van der Waals surface area contributed by atoms with Crippen LogP contribution >= 0.6 is 0 Å². The number of nitrogens with zero attached hydrogens (tertiary/aromatic N) is 3. The second-order valence-corrected chi connectivity index (χ2v) is 10.5. The number of fused-ring (bicyclic) bond motifs is 1. The number of likely N-dealkylation sites (tertiary alicyclic amines) is 1. The second kappa shape index (κ2) is 8.57. The van der Waals surface area contributed by atoms with Gasteiger partial charge in [0.1, 0.15) is 11.6 Å². The van der Waals surface area contributed by atoms with Gasteiger partial charge in [0.15, 0.2) is 0 Å². The number of hydrogen-bond donors (Lipinski definition) is 0. The van der Waals surface area contributed by atoms with E-state index in [0.29, 0.717) is 13.0 Å². The first-order chi connectivity index (χ1) is 13.5. The van der Waals surface area contributed by atoms with Gasteiger partial charge in [-0.15, -0.1) is 0 Å². The summed E-state index contributed by atoms with van der Waals surface area (Å²) in [6, 6.07) is -1.81. The Morgan fingerprint density at radius 2 is 1.77 bits per heavy atom. The first-order valence-electron chi connectivity index (χ1n) is 10.6. The van der Waals surface area contributed by atoms with Crippen LogP contribution in [0.4, 0.5) is 13.6 Å². The van der Waals surface area contributed by atoms with Gasteiger partial charge in [-0.05, 0) is 47.0 Å². The van der Waals surface area contributed by atoms with Crippen molar-refractivity contribution >= 4 is 12.1 Å². The van der Waals surface area contributed by atoms with Gasteiger partial charge < -0.3 is 9.47 Å². The Bertz CT molecular complexity index is 649. The molecule has 2 rings (SSSR count). The zero-order valence-electron chi connectivity index (χ0n) is 19.5. The van der Waals surface area contributed by atoms with E-state index in [1.807, 2.05) is 13.8 Å². The molecular formula is C21H37F2N3O4. The van der Waals surface area contributed by atoms with E-state index < -0.39 is 41.7 Å². The zero-order valence-corrected chi connectivity index (χ0v) is 19.5. The van der Waals surface area contributed by atoms with E-state index in [-0.39, 0.29) is 25.0 Å². The molecule has 2 aliphatic rings. The Labute approximate surface area is 178 Å². The van der Waals surface area contributed by atoms with Crippen LogP contribution in [-0.2, 0) is 14.3 Å². The quantitative estimate of drug-likeness (QED) is 0.599. The predicted octanol–water partition coefficient (Wildman–Crippen LogP) is 3.39. The first-order valence-corrected chi connectivity index (χ1v) is 10.6. The third-order valence-corrected chi connectivity index (χ3v) is 5.48. The lowest BCUT2D eigenvalue weighted by Crippen LogP contribution is -2.50. The summed E-state index contributed by atoms with van der Waals surface area (Å²) in [5.74, 6) is -3.18. The van der Waals surface area contributed by atoms with Crippen molar-refractivity contribution in [3.63, 3.8) is 0 Å². The van der Waals surface area contributed by atoms with Gasteiger partial charge in [0, 0.05) is 20.1 Å². The number of likely N-dealkylation sites (N-methyl/N-ethyl adjacent to an activating group) is 1. The average molecular weight is 434 g/mol. The molecule has 0 N–H and O–H groups in total. The number of esters is 1. The summed E-state index contributed by atoms with van der Waals surface area (Å²) in [6.45, 7) is 12.8. The number of hydrazine groups is 1. The van der Waals surface area contributed by atoms with E-state index in [2.05, 4.69) is 0 Å².